The van der Waals surface area contributed by atoms with E-state index in [1.165, 1.54) is 0 Å². The molecule has 0 unspecified atom stereocenters. The Labute approximate surface area is 135 Å². The lowest BCUT2D eigenvalue weighted by molar-refractivity contribution is -0.127. The van der Waals surface area contributed by atoms with Crippen LogP contribution in [-0.2, 0) is 18.3 Å². The van der Waals surface area contributed by atoms with Gasteiger partial charge in [-0.25, -0.2) is 4.98 Å². The van der Waals surface area contributed by atoms with E-state index in [-0.39, 0.29) is 17.9 Å². The number of hydrogen-bond acceptors (Lipinski definition) is 4. The van der Waals surface area contributed by atoms with E-state index < -0.39 is 6.10 Å². The second-order valence-corrected chi connectivity index (χ2v) is 6.36. The van der Waals surface area contributed by atoms with Crippen LogP contribution < -0.4 is 11.1 Å². The van der Waals surface area contributed by atoms with E-state index in [9.17, 15) is 9.90 Å². The van der Waals surface area contributed by atoms with E-state index in [0.717, 1.165) is 23.3 Å². The zero-order valence-electron chi connectivity index (χ0n) is 13.4. The van der Waals surface area contributed by atoms with E-state index >= 15 is 0 Å². The van der Waals surface area contributed by atoms with Gasteiger partial charge in [-0.15, -0.1) is 0 Å². The van der Waals surface area contributed by atoms with E-state index in [1.54, 1.807) is 0 Å². The molecular weight excluding hydrogens is 292 g/mol. The maximum absolute atomic E-state index is 12.2. The summed E-state index contributed by atoms with van der Waals surface area (Å²) in [6.07, 6.45) is 2.02. The first-order valence-electron chi connectivity index (χ1n) is 8.18. The molecule has 1 aliphatic rings. The van der Waals surface area contributed by atoms with Crippen molar-refractivity contribution in [2.24, 2.45) is 18.7 Å². The molecule has 23 heavy (non-hydrogen) atoms. The van der Waals surface area contributed by atoms with Gasteiger partial charge < -0.3 is 20.7 Å². The summed E-state index contributed by atoms with van der Waals surface area (Å²) in [4.78, 5) is 16.8. The minimum atomic E-state index is -0.570. The van der Waals surface area contributed by atoms with Gasteiger partial charge in [-0.1, -0.05) is 12.1 Å². The predicted octanol–water partition coefficient (Wildman–Crippen LogP) is 0.720. The number of amides is 1. The Balaban J connectivity index is 1.54. The van der Waals surface area contributed by atoms with Crippen molar-refractivity contribution in [3.05, 3.63) is 30.1 Å². The number of nitrogens with zero attached hydrogens (tertiary/aromatic N) is 2. The quantitative estimate of drug-likeness (QED) is 0.775. The van der Waals surface area contributed by atoms with E-state index in [0.29, 0.717) is 25.8 Å². The molecular formula is C17H24N4O2. The summed E-state index contributed by atoms with van der Waals surface area (Å²) in [6.45, 7) is 0.550. The van der Waals surface area contributed by atoms with Gasteiger partial charge in [-0.05, 0) is 31.4 Å². The fourth-order valence-corrected chi connectivity index (χ4v) is 3.27. The van der Waals surface area contributed by atoms with Crippen LogP contribution in [0.4, 0.5) is 0 Å². The first-order chi connectivity index (χ1) is 11.1. The Morgan fingerprint density at radius 1 is 1.43 bits per heavy atom. The Bertz CT molecular complexity index is 697. The third-order valence-electron chi connectivity index (χ3n) is 4.77. The van der Waals surface area contributed by atoms with E-state index in [4.69, 9.17) is 5.73 Å². The van der Waals surface area contributed by atoms with Crippen molar-refractivity contribution in [3.63, 3.8) is 0 Å². The largest absolute Gasteiger partial charge is 0.391 e. The molecule has 1 amide bonds. The molecule has 1 heterocycles. The third-order valence-corrected chi connectivity index (χ3v) is 4.77. The molecule has 1 aromatic carbocycles. The van der Waals surface area contributed by atoms with Crippen molar-refractivity contribution in [1.82, 2.24) is 14.9 Å². The lowest BCUT2D eigenvalue weighted by atomic mass is 9.84. The molecule has 1 saturated carbocycles. The van der Waals surface area contributed by atoms with Crippen molar-refractivity contribution >= 4 is 16.9 Å². The van der Waals surface area contributed by atoms with Crippen LogP contribution in [0.25, 0.3) is 11.0 Å². The Hall–Kier alpha value is -1.92. The van der Waals surface area contributed by atoms with Gasteiger partial charge in [0.15, 0.2) is 0 Å². The number of nitrogens with one attached hydrogen (secondary N) is 1. The molecule has 0 bridgehead atoms. The first kappa shape index (κ1) is 16.0. The zero-order chi connectivity index (χ0) is 16.4. The molecule has 1 fully saturated rings. The third kappa shape index (κ3) is 3.38. The number of benzene rings is 1. The van der Waals surface area contributed by atoms with E-state index in [2.05, 4.69) is 14.9 Å². The summed E-state index contributed by atoms with van der Waals surface area (Å²) in [7, 11) is 1.99. The van der Waals surface area contributed by atoms with Crippen LogP contribution in [0.1, 0.15) is 25.1 Å². The number of rotatable bonds is 4. The molecule has 6 nitrogen and oxygen atoms in total. The highest BCUT2D eigenvalue weighted by Gasteiger charge is 2.30. The van der Waals surface area contributed by atoms with Gasteiger partial charge in [0, 0.05) is 32.0 Å². The molecule has 0 saturated heterocycles. The number of aromatic nitrogens is 2. The zero-order valence-corrected chi connectivity index (χ0v) is 13.4. The van der Waals surface area contributed by atoms with Crippen molar-refractivity contribution in [2.45, 2.75) is 37.8 Å². The average molecular weight is 316 g/mol. The molecule has 6 heteroatoms. The molecule has 0 spiro atoms. The molecule has 3 rings (SSSR count). The highest BCUT2D eigenvalue weighted by Crippen LogP contribution is 2.23. The molecule has 1 aliphatic carbocycles. The summed E-state index contributed by atoms with van der Waals surface area (Å²) < 4.78 is 2.06. The highest BCUT2D eigenvalue weighted by atomic mass is 16.3. The molecule has 0 aliphatic heterocycles. The lowest BCUT2D eigenvalue weighted by Gasteiger charge is -2.29. The van der Waals surface area contributed by atoms with Gasteiger partial charge in [0.1, 0.15) is 5.82 Å². The van der Waals surface area contributed by atoms with Crippen LogP contribution in [0.15, 0.2) is 24.3 Å². The summed E-state index contributed by atoms with van der Waals surface area (Å²) >= 11 is 0. The number of carbonyl (C=O) groups excluding carboxylic acids is 1. The summed E-state index contributed by atoms with van der Waals surface area (Å²) in [5.74, 6) is 0.831. The minimum absolute atomic E-state index is 0.00899. The topological polar surface area (TPSA) is 93.2 Å². The van der Waals surface area contributed by atoms with Crippen LogP contribution in [0.3, 0.4) is 0 Å². The Morgan fingerprint density at radius 3 is 2.96 bits per heavy atom. The second kappa shape index (κ2) is 6.68. The molecule has 0 radical (unpaired) electrons. The summed E-state index contributed by atoms with van der Waals surface area (Å²) in [5, 5.41) is 12.8. The van der Waals surface area contributed by atoms with Crippen molar-refractivity contribution < 1.29 is 9.90 Å². The van der Waals surface area contributed by atoms with Gasteiger partial charge in [-0.3, -0.25) is 4.79 Å². The smallest absolute Gasteiger partial charge is 0.223 e. The minimum Gasteiger partial charge on any atom is -0.391 e. The normalized spacial score (nSPS) is 24.7. The van der Waals surface area contributed by atoms with E-state index in [1.807, 2.05) is 31.3 Å². The lowest BCUT2D eigenvalue weighted by Crippen LogP contribution is -2.44. The number of fused-ring (bicyclic) bond motifs is 1. The molecule has 1 aromatic heterocycles. The average Bonchev–Trinajstić information content (AvgIpc) is 2.87. The standard InChI is InChI=1S/C17H24N4O2/c1-21-14-5-3-2-4-13(14)20-16(21)8-9-19-17(23)11-6-7-12(18)15(22)10-11/h2-5,11-12,15,22H,6-10,18H2,1H3,(H,19,23)/t11-,12+,15+/m0/s1. The molecule has 124 valence electrons. The number of aryl methyl sites for hydroxylation is 1. The maximum Gasteiger partial charge on any atom is 0.223 e. The molecule has 4 N–H and O–H groups in total. The van der Waals surface area contributed by atoms with Gasteiger partial charge in [0.2, 0.25) is 5.91 Å². The van der Waals surface area contributed by atoms with Gasteiger partial charge in [0.05, 0.1) is 17.1 Å². The fourth-order valence-electron chi connectivity index (χ4n) is 3.27. The van der Waals surface area contributed by atoms with Gasteiger partial charge in [-0.2, -0.15) is 0 Å². The van der Waals surface area contributed by atoms with Crippen LogP contribution in [0, 0.1) is 5.92 Å². The predicted molar refractivity (Wildman–Crippen MR) is 88.8 cm³/mol. The van der Waals surface area contributed by atoms with Gasteiger partial charge >= 0.3 is 0 Å². The number of imidazole rings is 1. The Kier molecular flexibility index (Phi) is 4.63. The van der Waals surface area contributed by atoms with Crippen molar-refractivity contribution in [1.29, 1.82) is 0 Å². The van der Waals surface area contributed by atoms with Crippen molar-refractivity contribution in [2.75, 3.05) is 6.54 Å². The van der Waals surface area contributed by atoms with Crippen molar-refractivity contribution in [3.8, 4) is 0 Å². The van der Waals surface area contributed by atoms with Crippen LogP contribution in [0.5, 0.6) is 0 Å². The number of carbonyl (C=O) groups is 1. The molecule has 3 atom stereocenters. The SMILES string of the molecule is Cn1c(CCNC(=O)[C@H]2CC[C@@H](N)[C@H](O)C2)nc2ccccc21. The second-order valence-electron chi connectivity index (χ2n) is 6.36. The highest BCUT2D eigenvalue weighted by molar-refractivity contribution is 5.79. The number of nitrogens with two attached hydrogens (primary N) is 1. The number of hydrogen-bond donors (Lipinski definition) is 3. The van der Waals surface area contributed by atoms with Crippen LogP contribution >= 0.6 is 0 Å². The number of para-hydroxylation sites is 2. The monoisotopic (exact) mass is 316 g/mol. The van der Waals surface area contributed by atoms with Crippen LogP contribution in [0.2, 0.25) is 0 Å². The number of aliphatic hydroxyl groups is 1. The number of aliphatic hydroxyl groups excluding tert-OH is 1. The summed E-state index contributed by atoms with van der Waals surface area (Å²) in [5.41, 5.74) is 7.85. The summed E-state index contributed by atoms with van der Waals surface area (Å²) in [6, 6.07) is 7.80. The fraction of sp³-hybridized carbons (Fsp3) is 0.529. The Morgan fingerprint density at radius 2 is 2.22 bits per heavy atom. The molecule has 2 aromatic rings. The van der Waals surface area contributed by atoms with Crippen LogP contribution in [-0.4, -0.2) is 39.3 Å². The maximum atomic E-state index is 12.2. The van der Waals surface area contributed by atoms with Gasteiger partial charge in [0.25, 0.3) is 0 Å². The first-order valence-corrected chi connectivity index (χ1v) is 8.18.